The molecule has 8 nitrogen and oxygen atoms in total. The Hall–Kier alpha value is -3.79. The maximum atomic E-state index is 14.5. The largest absolute Gasteiger partial charge is 0.332 e. The normalized spacial score (nSPS) is 11.0. The van der Waals surface area contributed by atoms with Crippen molar-refractivity contribution in [3.63, 3.8) is 0 Å². The molecule has 0 aliphatic heterocycles. The van der Waals surface area contributed by atoms with Gasteiger partial charge in [-0.2, -0.15) is 0 Å². The molecule has 0 radical (unpaired) electrons. The zero-order chi connectivity index (χ0) is 23.7. The first-order valence-electron chi connectivity index (χ1n) is 9.96. The fourth-order valence-corrected chi connectivity index (χ4v) is 4.25. The van der Waals surface area contributed by atoms with Crippen LogP contribution in [0.15, 0.2) is 69.2 Å². The van der Waals surface area contributed by atoms with Crippen molar-refractivity contribution in [3.8, 4) is 11.4 Å². The topological polar surface area (TPSA) is 90.1 Å². The van der Waals surface area contributed by atoms with Gasteiger partial charge in [0.05, 0.1) is 11.3 Å². The summed E-state index contributed by atoms with van der Waals surface area (Å²) in [7, 11) is 4.49. The van der Waals surface area contributed by atoms with Crippen molar-refractivity contribution in [1.82, 2.24) is 19.1 Å². The van der Waals surface area contributed by atoms with E-state index in [9.17, 15) is 18.8 Å². The number of para-hydroxylation sites is 1. The maximum absolute atomic E-state index is 14.5. The molecule has 0 atom stereocenters. The van der Waals surface area contributed by atoms with Crippen LogP contribution in [0.25, 0.3) is 22.4 Å². The van der Waals surface area contributed by atoms with Crippen LogP contribution >= 0.6 is 11.8 Å². The van der Waals surface area contributed by atoms with E-state index >= 15 is 0 Å². The highest BCUT2D eigenvalue weighted by molar-refractivity contribution is 8.00. The molecule has 10 heteroatoms. The molecule has 0 spiro atoms. The summed E-state index contributed by atoms with van der Waals surface area (Å²) in [6, 6.07) is 15.1. The molecular weight excluding hydrogens is 445 g/mol. The smallest absolute Gasteiger partial charge is 0.315 e. The molecule has 4 rings (SSSR count). The number of carbonyl (C=O) groups excluding carboxylic acids is 1. The number of aromatic nitrogens is 4. The summed E-state index contributed by atoms with van der Waals surface area (Å²) in [5.74, 6) is -0.760. The molecular formula is C23H20FN5O3S. The van der Waals surface area contributed by atoms with Crippen LogP contribution in [0, 0.1) is 5.82 Å². The van der Waals surface area contributed by atoms with Crippen molar-refractivity contribution in [3.05, 3.63) is 81.3 Å². The van der Waals surface area contributed by atoms with Crippen LogP contribution in [-0.2, 0) is 18.9 Å². The van der Waals surface area contributed by atoms with Crippen LogP contribution in [0.1, 0.15) is 0 Å². The van der Waals surface area contributed by atoms with Gasteiger partial charge in [-0.15, -0.1) is 0 Å². The monoisotopic (exact) mass is 465 g/mol. The van der Waals surface area contributed by atoms with Gasteiger partial charge in [-0.1, -0.05) is 42.1 Å². The molecule has 0 bridgehead atoms. The first-order valence-corrected chi connectivity index (χ1v) is 10.9. The minimum atomic E-state index is -0.584. The van der Waals surface area contributed by atoms with Crippen molar-refractivity contribution in [2.75, 3.05) is 17.7 Å². The minimum Gasteiger partial charge on any atom is -0.315 e. The van der Waals surface area contributed by atoms with Gasteiger partial charge in [0.1, 0.15) is 16.2 Å². The number of fused-ring (bicyclic) bond motifs is 1. The van der Waals surface area contributed by atoms with Crippen LogP contribution in [0.2, 0.25) is 0 Å². The maximum Gasteiger partial charge on any atom is 0.332 e. The summed E-state index contributed by atoms with van der Waals surface area (Å²) in [6.07, 6.45) is 0. The summed E-state index contributed by atoms with van der Waals surface area (Å²) in [5.41, 5.74) is -0.230. The van der Waals surface area contributed by atoms with E-state index in [0.29, 0.717) is 0 Å². The van der Waals surface area contributed by atoms with E-state index in [1.165, 1.54) is 35.7 Å². The molecule has 168 valence electrons. The number of thioether (sulfide) groups is 1. The number of hydrogen-bond acceptors (Lipinski definition) is 6. The molecule has 4 aromatic rings. The summed E-state index contributed by atoms with van der Waals surface area (Å²) in [5, 5.41) is 0.295. The van der Waals surface area contributed by atoms with Crippen molar-refractivity contribution in [1.29, 1.82) is 0 Å². The SMILES string of the molecule is CN(C(=O)CSc1nc(-c2ccccc2F)nc2c1c(=O)n(C)c(=O)n2C)c1ccccc1. The second-order valence-electron chi connectivity index (χ2n) is 7.31. The highest BCUT2D eigenvalue weighted by Gasteiger charge is 2.21. The van der Waals surface area contributed by atoms with E-state index in [4.69, 9.17) is 0 Å². The number of nitrogens with zero attached hydrogens (tertiary/aromatic N) is 5. The van der Waals surface area contributed by atoms with Gasteiger partial charge in [0, 0.05) is 26.8 Å². The Labute approximate surface area is 192 Å². The highest BCUT2D eigenvalue weighted by Crippen LogP contribution is 2.27. The average Bonchev–Trinajstić information content (AvgIpc) is 2.84. The summed E-state index contributed by atoms with van der Waals surface area (Å²) < 4.78 is 16.6. The molecule has 2 aromatic heterocycles. The van der Waals surface area contributed by atoms with Crippen LogP contribution in [0.3, 0.4) is 0 Å². The molecule has 0 aliphatic carbocycles. The second-order valence-corrected chi connectivity index (χ2v) is 8.28. The number of anilines is 1. The lowest BCUT2D eigenvalue weighted by Gasteiger charge is -2.17. The number of amides is 1. The van der Waals surface area contributed by atoms with Crippen LogP contribution in [0.5, 0.6) is 0 Å². The summed E-state index contributed by atoms with van der Waals surface area (Å²) >= 11 is 1.04. The molecule has 33 heavy (non-hydrogen) atoms. The molecule has 1 amide bonds. The Bertz CT molecular complexity index is 1480. The Morgan fingerprint density at radius 3 is 2.36 bits per heavy atom. The number of hydrogen-bond donors (Lipinski definition) is 0. The van der Waals surface area contributed by atoms with Gasteiger partial charge in [0.2, 0.25) is 5.91 Å². The molecule has 0 saturated heterocycles. The van der Waals surface area contributed by atoms with Crippen LogP contribution in [0.4, 0.5) is 10.1 Å². The zero-order valence-corrected chi connectivity index (χ0v) is 19.0. The third-order valence-electron chi connectivity index (χ3n) is 5.23. The quantitative estimate of drug-likeness (QED) is 0.333. The number of rotatable bonds is 5. The lowest BCUT2D eigenvalue weighted by Crippen LogP contribution is -2.37. The van der Waals surface area contributed by atoms with E-state index in [2.05, 4.69) is 9.97 Å². The predicted molar refractivity (Wildman–Crippen MR) is 126 cm³/mol. The Kier molecular flexibility index (Phi) is 6.10. The van der Waals surface area contributed by atoms with Crippen molar-refractivity contribution >= 4 is 34.4 Å². The lowest BCUT2D eigenvalue weighted by atomic mass is 10.2. The molecule has 2 aromatic carbocycles. The second kappa shape index (κ2) is 8.99. The van der Waals surface area contributed by atoms with Crippen LogP contribution in [-0.4, -0.2) is 37.8 Å². The van der Waals surface area contributed by atoms with E-state index in [0.717, 1.165) is 22.0 Å². The number of aryl methyl sites for hydroxylation is 1. The third kappa shape index (κ3) is 4.17. The van der Waals surface area contributed by atoms with Gasteiger partial charge in [-0.05, 0) is 24.3 Å². The van der Waals surface area contributed by atoms with Gasteiger partial charge in [0.25, 0.3) is 5.56 Å². The van der Waals surface area contributed by atoms with Crippen LogP contribution < -0.4 is 16.1 Å². The summed E-state index contributed by atoms with van der Waals surface area (Å²) in [4.78, 5) is 48.4. The number of carbonyl (C=O) groups is 1. The fraction of sp³-hybridized carbons (Fsp3) is 0.174. The van der Waals surface area contributed by atoms with Crippen molar-refractivity contribution < 1.29 is 9.18 Å². The Morgan fingerprint density at radius 1 is 1.00 bits per heavy atom. The van der Waals surface area contributed by atoms with Gasteiger partial charge < -0.3 is 4.90 Å². The summed E-state index contributed by atoms with van der Waals surface area (Å²) in [6.45, 7) is 0. The molecule has 0 saturated carbocycles. The third-order valence-corrected chi connectivity index (χ3v) is 6.19. The highest BCUT2D eigenvalue weighted by atomic mass is 32.2. The molecule has 0 N–H and O–H groups in total. The molecule has 0 unspecified atom stereocenters. The van der Waals surface area contributed by atoms with Crippen molar-refractivity contribution in [2.24, 2.45) is 14.1 Å². The van der Waals surface area contributed by atoms with E-state index in [-0.39, 0.29) is 39.1 Å². The lowest BCUT2D eigenvalue weighted by molar-refractivity contribution is -0.115. The first-order chi connectivity index (χ1) is 15.8. The van der Waals surface area contributed by atoms with Gasteiger partial charge in [0.15, 0.2) is 11.5 Å². The van der Waals surface area contributed by atoms with Crippen molar-refractivity contribution in [2.45, 2.75) is 5.03 Å². The average molecular weight is 466 g/mol. The number of halogens is 1. The first kappa shape index (κ1) is 22.4. The molecule has 2 heterocycles. The molecule has 0 aliphatic rings. The van der Waals surface area contributed by atoms with E-state index < -0.39 is 17.1 Å². The Balaban J connectivity index is 1.82. The predicted octanol–water partition coefficient (Wildman–Crippen LogP) is 2.59. The van der Waals surface area contributed by atoms with E-state index in [1.807, 2.05) is 30.3 Å². The van der Waals surface area contributed by atoms with Gasteiger partial charge in [-0.25, -0.2) is 19.2 Å². The Morgan fingerprint density at radius 2 is 1.67 bits per heavy atom. The number of benzene rings is 2. The fourth-order valence-electron chi connectivity index (χ4n) is 3.32. The minimum absolute atomic E-state index is 0.0233. The molecule has 0 fully saturated rings. The van der Waals surface area contributed by atoms with Gasteiger partial charge in [-0.3, -0.25) is 18.7 Å². The van der Waals surface area contributed by atoms with Gasteiger partial charge >= 0.3 is 5.69 Å². The standard InChI is InChI=1S/C23H20FN5O3S/c1-27(14-9-5-4-6-10-14)17(30)13-33-21-18-20(28(2)23(32)29(3)22(18)31)25-19(26-21)15-11-7-8-12-16(15)24/h4-12H,13H2,1-3H3. The van der Waals surface area contributed by atoms with E-state index in [1.54, 1.807) is 19.2 Å². The zero-order valence-electron chi connectivity index (χ0n) is 18.2.